The van der Waals surface area contributed by atoms with Crippen molar-refractivity contribution in [2.75, 3.05) is 30.3 Å². The number of hydrogen-bond acceptors (Lipinski definition) is 9. The molecule has 0 saturated heterocycles. The smallest absolute Gasteiger partial charge is 0.407 e. The zero-order chi connectivity index (χ0) is 24.4. The number of nitrogens with zero attached hydrogens (tertiary/aromatic N) is 3. The van der Waals surface area contributed by atoms with Crippen LogP contribution in [0.4, 0.5) is 16.6 Å². The first kappa shape index (κ1) is 23.7. The molecule has 0 bridgehead atoms. The molecule has 9 nitrogen and oxygen atoms in total. The number of aliphatic hydroxyl groups is 1. The first-order chi connectivity index (χ1) is 17.0. The fraction of sp³-hybridized carbons (Fsp3) is 0.520. The second-order valence-electron chi connectivity index (χ2n) is 9.44. The minimum atomic E-state index is -0.553. The number of amides is 1. The number of rotatable bonds is 9. The molecule has 0 radical (unpaired) electrons. The van der Waals surface area contributed by atoms with Gasteiger partial charge in [-0.1, -0.05) is 12.1 Å². The van der Waals surface area contributed by atoms with Gasteiger partial charge in [0, 0.05) is 25.0 Å². The lowest BCUT2D eigenvalue weighted by atomic mass is 10.1. The molecule has 2 aliphatic carbocycles. The molecular formula is C25H32N6O3S. The highest BCUT2D eigenvalue weighted by Gasteiger charge is 2.35. The Labute approximate surface area is 208 Å². The molecule has 2 aliphatic rings. The lowest BCUT2D eigenvalue weighted by Gasteiger charge is -2.18. The third-order valence-corrected chi connectivity index (χ3v) is 7.65. The number of hydrogen-bond donors (Lipinski definition) is 4. The fourth-order valence-corrected chi connectivity index (χ4v) is 5.58. The van der Waals surface area contributed by atoms with Crippen LogP contribution >= 0.6 is 11.3 Å². The van der Waals surface area contributed by atoms with Gasteiger partial charge in [0.25, 0.3) is 0 Å². The summed E-state index contributed by atoms with van der Waals surface area (Å²) in [6.45, 7) is 5.40. The summed E-state index contributed by atoms with van der Waals surface area (Å²) in [5.74, 6) is 1.90. The molecule has 35 heavy (non-hydrogen) atoms. The maximum absolute atomic E-state index is 11.7. The Kier molecular flexibility index (Phi) is 7.01. The van der Waals surface area contributed by atoms with E-state index in [4.69, 9.17) is 19.7 Å². The minimum Gasteiger partial charge on any atom is -0.449 e. The van der Waals surface area contributed by atoms with E-state index in [2.05, 4.69) is 22.0 Å². The topological polar surface area (TPSA) is 121 Å². The van der Waals surface area contributed by atoms with E-state index in [-0.39, 0.29) is 18.6 Å². The molecule has 3 aromatic rings. The van der Waals surface area contributed by atoms with E-state index in [0.717, 1.165) is 38.8 Å². The van der Waals surface area contributed by atoms with Gasteiger partial charge in [0.1, 0.15) is 10.8 Å². The summed E-state index contributed by atoms with van der Waals surface area (Å²) in [4.78, 5) is 26.1. The molecule has 2 fully saturated rings. The Morgan fingerprint density at radius 3 is 2.80 bits per heavy atom. The summed E-state index contributed by atoms with van der Waals surface area (Å²) in [7, 11) is 0. The van der Waals surface area contributed by atoms with Gasteiger partial charge in [0.2, 0.25) is 5.95 Å². The van der Waals surface area contributed by atoms with Crippen LogP contribution in [0.25, 0.3) is 20.8 Å². The predicted molar refractivity (Wildman–Crippen MR) is 138 cm³/mol. The average molecular weight is 497 g/mol. The molecule has 2 heterocycles. The molecule has 5 rings (SSSR count). The van der Waals surface area contributed by atoms with Crippen LogP contribution < -0.4 is 16.0 Å². The normalized spacial score (nSPS) is 21.7. The van der Waals surface area contributed by atoms with Crippen LogP contribution in [0.1, 0.15) is 38.3 Å². The zero-order valence-corrected chi connectivity index (χ0v) is 20.9. The van der Waals surface area contributed by atoms with Gasteiger partial charge in [0.05, 0.1) is 34.2 Å². The van der Waals surface area contributed by atoms with E-state index in [1.807, 2.05) is 32.0 Å². The molecule has 2 aromatic heterocycles. The van der Waals surface area contributed by atoms with E-state index in [1.54, 1.807) is 11.3 Å². The highest BCUT2D eigenvalue weighted by Crippen LogP contribution is 2.38. The van der Waals surface area contributed by atoms with E-state index < -0.39 is 12.2 Å². The van der Waals surface area contributed by atoms with Crippen molar-refractivity contribution in [2.24, 2.45) is 11.8 Å². The van der Waals surface area contributed by atoms with Crippen molar-refractivity contribution in [3.63, 3.8) is 0 Å². The number of aromatic nitrogens is 3. The van der Waals surface area contributed by atoms with Crippen LogP contribution in [0, 0.1) is 18.8 Å². The number of carbonyl (C=O) groups excluding carboxylic acids is 1. The van der Waals surface area contributed by atoms with Gasteiger partial charge in [-0.05, 0) is 57.6 Å². The zero-order valence-electron chi connectivity index (χ0n) is 20.1. The molecule has 0 unspecified atom stereocenters. The first-order valence-corrected chi connectivity index (χ1v) is 13.2. The van der Waals surface area contributed by atoms with Gasteiger partial charge >= 0.3 is 6.09 Å². The molecule has 10 heteroatoms. The Bertz CT molecular complexity index is 1160. The Morgan fingerprint density at radius 1 is 1.20 bits per heavy atom. The maximum atomic E-state index is 11.7. The second kappa shape index (κ2) is 10.3. The van der Waals surface area contributed by atoms with Crippen LogP contribution in [-0.4, -0.2) is 58.0 Å². The number of benzene rings is 1. The van der Waals surface area contributed by atoms with Crippen LogP contribution in [0.2, 0.25) is 0 Å². The fourth-order valence-electron chi connectivity index (χ4n) is 4.52. The number of anilines is 2. The molecule has 186 valence electrons. The number of aryl methyl sites for hydroxylation is 1. The average Bonchev–Trinajstić information content (AvgIpc) is 3.46. The van der Waals surface area contributed by atoms with Gasteiger partial charge < -0.3 is 25.8 Å². The standard InChI is InChI=1S/C25H32N6O3S/c1-3-26-25(33)34-13-16-10-17(11-19(16)32)29-22-21(23-30-18-6-4-5-7-20(18)35-23)14(2)28-24(31-22)27-12-15-8-9-15/h4-7,15-17,19,32H,3,8-13H2,1-2H3,(H,26,33)(H2,27,28,29,31)/t16-,17-,19+/m1/s1. The maximum Gasteiger partial charge on any atom is 0.407 e. The number of ether oxygens (including phenoxy) is 1. The Hall–Kier alpha value is -2.98. The third-order valence-electron chi connectivity index (χ3n) is 6.59. The number of thiazole rings is 1. The summed E-state index contributed by atoms with van der Waals surface area (Å²) in [6.07, 6.45) is 2.72. The second-order valence-corrected chi connectivity index (χ2v) is 10.5. The SMILES string of the molecule is CCNC(=O)OC[C@H]1C[C@@H](Nc2nc(NCC3CC3)nc(C)c2-c2nc3ccccc3s2)C[C@@H]1O. The van der Waals surface area contributed by atoms with Crippen LogP contribution in [0.3, 0.4) is 0 Å². The quantitative estimate of drug-likeness (QED) is 0.348. The number of aliphatic hydroxyl groups excluding tert-OH is 1. The first-order valence-electron chi connectivity index (χ1n) is 12.3. The van der Waals surface area contributed by atoms with E-state index in [1.165, 1.54) is 12.8 Å². The van der Waals surface area contributed by atoms with Crippen LogP contribution in [-0.2, 0) is 4.74 Å². The summed E-state index contributed by atoms with van der Waals surface area (Å²) < 4.78 is 6.39. The molecule has 3 atom stereocenters. The number of nitrogens with one attached hydrogen (secondary N) is 3. The molecule has 2 saturated carbocycles. The monoisotopic (exact) mass is 496 g/mol. The van der Waals surface area contributed by atoms with Crippen molar-refractivity contribution in [1.82, 2.24) is 20.3 Å². The Morgan fingerprint density at radius 2 is 2.03 bits per heavy atom. The van der Waals surface area contributed by atoms with Gasteiger partial charge in [-0.3, -0.25) is 0 Å². The predicted octanol–water partition coefficient (Wildman–Crippen LogP) is 4.18. The van der Waals surface area contributed by atoms with Crippen molar-refractivity contribution in [3.8, 4) is 10.6 Å². The van der Waals surface area contributed by atoms with Crippen molar-refractivity contribution in [2.45, 2.75) is 51.7 Å². The number of alkyl carbamates (subject to hydrolysis) is 1. The molecule has 1 amide bonds. The van der Waals surface area contributed by atoms with E-state index >= 15 is 0 Å². The molecular weight excluding hydrogens is 464 g/mol. The van der Waals surface area contributed by atoms with Crippen molar-refractivity contribution >= 4 is 39.4 Å². The van der Waals surface area contributed by atoms with Crippen molar-refractivity contribution < 1.29 is 14.6 Å². The highest BCUT2D eigenvalue weighted by molar-refractivity contribution is 7.21. The van der Waals surface area contributed by atoms with Gasteiger partial charge in [-0.2, -0.15) is 4.98 Å². The lowest BCUT2D eigenvalue weighted by molar-refractivity contribution is 0.0715. The Balaban J connectivity index is 1.38. The molecule has 0 spiro atoms. The van der Waals surface area contributed by atoms with Crippen LogP contribution in [0.5, 0.6) is 0 Å². The minimum absolute atomic E-state index is 0.00783. The van der Waals surface area contributed by atoms with E-state index in [9.17, 15) is 9.90 Å². The number of fused-ring (bicyclic) bond motifs is 1. The summed E-state index contributed by atoms with van der Waals surface area (Å²) in [6, 6.07) is 8.07. The number of carbonyl (C=O) groups is 1. The summed E-state index contributed by atoms with van der Waals surface area (Å²) in [5.41, 5.74) is 2.70. The number of para-hydroxylation sites is 1. The molecule has 4 N–H and O–H groups in total. The highest BCUT2D eigenvalue weighted by atomic mass is 32.1. The summed E-state index contributed by atoms with van der Waals surface area (Å²) in [5, 5.41) is 21.1. The van der Waals surface area contributed by atoms with Gasteiger partial charge in [0.15, 0.2) is 0 Å². The lowest BCUT2D eigenvalue weighted by Crippen LogP contribution is -2.28. The van der Waals surface area contributed by atoms with Crippen molar-refractivity contribution in [1.29, 1.82) is 0 Å². The van der Waals surface area contributed by atoms with Crippen LogP contribution in [0.15, 0.2) is 24.3 Å². The largest absolute Gasteiger partial charge is 0.449 e. The molecule has 0 aliphatic heterocycles. The molecule has 1 aromatic carbocycles. The van der Waals surface area contributed by atoms with Crippen molar-refractivity contribution in [3.05, 3.63) is 30.0 Å². The summed E-state index contributed by atoms with van der Waals surface area (Å²) >= 11 is 1.62. The van der Waals surface area contributed by atoms with Gasteiger partial charge in [-0.25, -0.2) is 14.8 Å². The van der Waals surface area contributed by atoms with E-state index in [0.29, 0.717) is 31.3 Å². The van der Waals surface area contributed by atoms with Gasteiger partial charge in [-0.15, -0.1) is 11.3 Å². The third kappa shape index (κ3) is 5.65.